The number of aliphatic hydroxyl groups excluding tert-OH is 1. The fourth-order valence-electron chi connectivity index (χ4n) is 2.85. The highest BCUT2D eigenvalue weighted by Crippen LogP contribution is 2.24. The van der Waals surface area contributed by atoms with E-state index >= 15 is 0 Å². The molecule has 7 heteroatoms. The molecule has 5 nitrogen and oxygen atoms in total. The SMILES string of the molecule is CCNC(=NCc1ccc(Cl)cc1OCC)NC1CCC(O)CC1.I. The van der Waals surface area contributed by atoms with Crippen LogP contribution in [0.4, 0.5) is 0 Å². The van der Waals surface area contributed by atoms with Crippen LogP contribution in [-0.4, -0.2) is 36.4 Å². The molecular weight excluding hydrogens is 453 g/mol. The van der Waals surface area contributed by atoms with Crippen molar-refractivity contribution < 1.29 is 9.84 Å². The zero-order valence-corrected chi connectivity index (χ0v) is 18.0. The number of nitrogens with zero attached hydrogens (tertiary/aromatic N) is 1. The molecule has 1 aromatic carbocycles. The van der Waals surface area contributed by atoms with Crippen molar-refractivity contribution in [1.29, 1.82) is 0 Å². The summed E-state index contributed by atoms with van der Waals surface area (Å²) in [6.07, 6.45) is 3.49. The minimum absolute atomic E-state index is 0. The van der Waals surface area contributed by atoms with Gasteiger partial charge in [-0.05, 0) is 51.7 Å². The second-order valence-corrected chi connectivity index (χ2v) is 6.47. The molecule has 0 aromatic heterocycles. The summed E-state index contributed by atoms with van der Waals surface area (Å²) in [6, 6.07) is 6.01. The van der Waals surface area contributed by atoms with Crippen LogP contribution in [0.25, 0.3) is 0 Å². The molecule has 1 aliphatic carbocycles. The summed E-state index contributed by atoms with van der Waals surface area (Å²) in [7, 11) is 0. The molecule has 0 spiro atoms. The highest BCUT2D eigenvalue weighted by atomic mass is 127. The second-order valence-electron chi connectivity index (χ2n) is 6.03. The van der Waals surface area contributed by atoms with Gasteiger partial charge in [0.15, 0.2) is 5.96 Å². The van der Waals surface area contributed by atoms with Gasteiger partial charge in [-0.1, -0.05) is 17.7 Å². The molecule has 0 radical (unpaired) electrons. The van der Waals surface area contributed by atoms with Crippen molar-refractivity contribution in [2.75, 3.05) is 13.2 Å². The maximum atomic E-state index is 9.62. The summed E-state index contributed by atoms with van der Waals surface area (Å²) in [4.78, 5) is 4.68. The van der Waals surface area contributed by atoms with E-state index in [-0.39, 0.29) is 30.1 Å². The minimum atomic E-state index is -0.148. The molecular formula is C18H29ClIN3O2. The van der Waals surface area contributed by atoms with Crippen molar-refractivity contribution in [3.05, 3.63) is 28.8 Å². The Morgan fingerprint density at radius 3 is 2.64 bits per heavy atom. The molecule has 0 saturated heterocycles. The van der Waals surface area contributed by atoms with Crippen molar-refractivity contribution in [3.8, 4) is 5.75 Å². The Balaban J connectivity index is 0.00000312. The van der Waals surface area contributed by atoms with E-state index in [0.29, 0.717) is 24.2 Å². The van der Waals surface area contributed by atoms with Gasteiger partial charge in [-0.3, -0.25) is 0 Å². The standard InChI is InChI=1S/C18H28ClN3O2.HI/c1-3-20-18(22-15-7-9-16(23)10-8-15)21-12-13-5-6-14(19)11-17(13)24-4-2;/h5-6,11,15-16,23H,3-4,7-10,12H2,1-2H3,(H2,20,21,22);1H. The number of benzene rings is 1. The summed E-state index contributed by atoms with van der Waals surface area (Å²) in [5.41, 5.74) is 1.01. The van der Waals surface area contributed by atoms with Crippen LogP contribution in [0.2, 0.25) is 5.02 Å². The van der Waals surface area contributed by atoms with E-state index in [4.69, 9.17) is 16.3 Å². The van der Waals surface area contributed by atoms with Crippen LogP contribution >= 0.6 is 35.6 Å². The van der Waals surface area contributed by atoms with Gasteiger partial charge >= 0.3 is 0 Å². The normalized spacial score (nSPS) is 20.6. The van der Waals surface area contributed by atoms with Gasteiger partial charge in [0.2, 0.25) is 0 Å². The van der Waals surface area contributed by atoms with Gasteiger partial charge in [-0.25, -0.2) is 4.99 Å². The van der Waals surface area contributed by atoms with Gasteiger partial charge < -0.3 is 20.5 Å². The first-order valence-electron chi connectivity index (χ1n) is 8.76. The van der Waals surface area contributed by atoms with Crippen LogP contribution in [0.5, 0.6) is 5.75 Å². The first-order chi connectivity index (χ1) is 11.6. The van der Waals surface area contributed by atoms with E-state index in [2.05, 4.69) is 22.5 Å². The van der Waals surface area contributed by atoms with Gasteiger partial charge in [0.05, 0.1) is 19.3 Å². The number of ether oxygens (including phenoxy) is 1. The molecule has 0 bridgehead atoms. The van der Waals surface area contributed by atoms with Crippen molar-refractivity contribution >= 4 is 41.5 Å². The lowest BCUT2D eigenvalue weighted by Crippen LogP contribution is -2.45. The fourth-order valence-corrected chi connectivity index (χ4v) is 3.01. The quantitative estimate of drug-likeness (QED) is 0.329. The predicted octanol–water partition coefficient (Wildman–Crippen LogP) is 3.72. The molecule has 0 heterocycles. The highest BCUT2D eigenvalue weighted by molar-refractivity contribution is 14.0. The highest BCUT2D eigenvalue weighted by Gasteiger charge is 2.20. The Kier molecular flexibility index (Phi) is 10.5. The summed E-state index contributed by atoms with van der Waals surface area (Å²) in [5.74, 6) is 1.58. The predicted molar refractivity (Wildman–Crippen MR) is 114 cm³/mol. The number of guanidine groups is 1. The van der Waals surface area contributed by atoms with Crippen LogP contribution in [-0.2, 0) is 6.54 Å². The largest absolute Gasteiger partial charge is 0.493 e. The maximum absolute atomic E-state index is 9.62. The Labute approximate surface area is 172 Å². The number of rotatable bonds is 6. The summed E-state index contributed by atoms with van der Waals surface area (Å²) < 4.78 is 5.65. The van der Waals surface area contributed by atoms with Crippen molar-refractivity contribution in [1.82, 2.24) is 10.6 Å². The van der Waals surface area contributed by atoms with E-state index in [1.807, 2.05) is 25.1 Å². The minimum Gasteiger partial charge on any atom is -0.493 e. The molecule has 25 heavy (non-hydrogen) atoms. The molecule has 0 amide bonds. The molecule has 142 valence electrons. The topological polar surface area (TPSA) is 65.9 Å². The second kappa shape index (κ2) is 11.8. The van der Waals surface area contributed by atoms with Crippen LogP contribution in [0.3, 0.4) is 0 Å². The molecule has 0 unspecified atom stereocenters. The van der Waals surface area contributed by atoms with E-state index < -0.39 is 0 Å². The van der Waals surface area contributed by atoms with Crippen LogP contribution in [0.1, 0.15) is 45.1 Å². The molecule has 1 fully saturated rings. The first kappa shape index (κ1) is 22.3. The van der Waals surface area contributed by atoms with Crippen LogP contribution < -0.4 is 15.4 Å². The number of aliphatic hydroxyl groups is 1. The smallest absolute Gasteiger partial charge is 0.191 e. The Hall–Kier alpha value is -0.730. The first-order valence-corrected chi connectivity index (χ1v) is 9.14. The van der Waals surface area contributed by atoms with Gasteiger partial charge in [0, 0.05) is 23.2 Å². The van der Waals surface area contributed by atoms with Gasteiger partial charge in [0.1, 0.15) is 5.75 Å². The van der Waals surface area contributed by atoms with Gasteiger partial charge in [-0.2, -0.15) is 0 Å². The van der Waals surface area contributed by atoms with E-state index in [9.17, 15) is 5.11 Å². The zero-order valence-electron chi connectivity index (χ0n) is 14.9. The number of nitrogens with one attached hydrogen (secondary N) is 2. The summed E-state index contributed by atoms with van der Waals surface area (Å²) in [6.45, 7) is 5.93. The number of hydrogen-bond acceptors (Lipinski definition) is 3. The van der Waals surface area contributed by atoms with Crippen molar-refractivity contribution in [2.24, 2.45) is 4.99 Å². The molecule has 1 saturated carbocycles. The average molecular weight is 482 g/mol. The van der Waals surface area contributed by atoms with Crippen molar-refractivity contribution in [2.45, 2.75) is 58.2 Å². The number of halogens is 2. The molecule has 0 atom stereocenters. The van der Waals surface area contributed by atoms with E-state index in [0.717, 1.165) is 49.5 Å². The monoisotopic (exact) mass is 481 g/mol. The van der Waals surface area contributed by atoms with Gasteiger partial charge in [-0.15, -0.1) is 24.0 Å². The third-order valence-corrected chi connectivity index (χ3v) is 4.35. The molecule has 3 N–H and O–H groups in total. The Bertz CT molecular complexity index is 549. The third-order valence-electron chi connectivity index (χ3n) is 4.12. The average Bonchev–Trinajstić information content (AvgIpc) is 2.56. The van der Waals surface area contributed by atoms with E-state index in [1.165, 1.54) is 0 Å². The molecule has 1 aliphatic rings. The summed E-state index contributed by atoms with van der Waals surface area (Å²) >= 11 is 6.04. The fraction of sp³-hybridized carbons (Fsp3) is 0.611. The maximum Gasteiger partial charge on any atom is 0.191 e. The van der Waals surface area contributed by atoms with Crippen molar-refractivity contribution in [3.63, 3.8) is 0 Å². The molecule has 2 rings (SSSR count). The lowest BCUT2D eigenvalue weighted by molar-refractivity contribution is 0.120. The number of aliphatic imine (C=N–C) groups is 1. The van der Waals surface area contributed by atoms with Gasteiger partial charge in [0.25, 0.3) is 0 Å². The van der Waals surface area contributed by atoms with Crippen LogP contribution in [0, 0.1) is 0 Å². The zero-order chi connectivity index (χ0) is 17.4. The molecule has 1 aromatic rings. The molecule has 0 aliphatic heterocycles. The third kappa shape index (κ3) is 7.58. The van der Waals surface area contributed by atoms with Crippen LogP contribution in [0.15, 0.2) is 23.2 Å². The Morgan fingerprint density at radius 1 is 1.28 bits per heavy atom. The van der Waals surface area contributed by atoms with E-state index in [1.54, 1.807) is 0 Å². The summed E-state index contributed by atoms with van der Waals surface area (Å²) in [5, 5.41) is 17.0. The lowest BCUT2D eigenvalue weighted by atomic mass is 9.93. The Morgan fingerprint density at radius 2 is 2.00 bits per heavy atom. The number of hydrogen-bond donors (Lipinski definition) is 3. The lowest BCUT2D eigenvalue weighted by Gasteiger charge is -2.27.